The van der Waals surface area contributed by atoms with Gasteiger partial charge in [-0.25, -0.2) is 8.97 Å². The number of aryl methyl sites for hydroxylation is 1. The summed E-state index contributed by atoms with van der Waals surface area (Å²) < 4.78 is 60.1. The zero-order chi connectivity index (χ0) is 19.5. The van der Waals surface area contributed by atoms with Crippen LogP contribution in [-0.4, -0.2) is 21.3 Å². The molecule has 0 aromatic heterocycles. The van der Waals surface area contributed by atoms with Crippen molar-refractivity contribution in [1.29, 1.82) is 0 Å². The normalized spacial score (nSPS) is 11.1. The van der Waals surface area contributed by atoms with Gasteiger partial charge in [0.15, 0.2) is 0 Å². The second-order valence-corrected chi connectivity index (χ2v) is 5.87. The van der Waals surface area contributed by atoms with Crippen molar-refractivity contribution in [2.24, 2.45) is 0 Å². The van der Waals surface area contributed by atoms with Crippen molar-refractivity contribution in [2.75, 3.05) is 14.1 Å². The molecule has 3 rings (SSSR count). The molecule has 138 valence electrons. The fourth-order valence-corrected chi connectivity index (χ4v) is 2.38. The number of halogens is 5. The molecule has 0 amide bonds. The molecule has 1 aromatic rings. The Morgan fingerprint density at radius 2 is 1.42 bits per heavy atom. The molecule has 0 unspecified atom stereocenters. The quantitative estimate of drug-likeness (QED) is 0.341. The topological polar surface area (TPSA) is 16.1 Å². The zero-order valence-electron chi connectivity index (χ0n) is 14.4. The molecule has 8 heteroatoms. The summed E-state index contributed by atoms with van der Waals surface area (Å²) in [5.74, 6) is 1.34. The maximum Gasteiger partial charge on any atom is 0.673 e. The predicted molar refractivity (Wildman–Crippen MR) is 92.8 cm³/mol. The van der Waals surface area contributed by atoms with Crippen LogP contribution in [0, 0.1) is 12.7 Å². The van der Waals surface area contributed by atoms with Gasteiger partial charge in [-0.2, -0.15) is 0 Å². The second kappa shape index (κ2) is 7.72. The highest BCUT2D eigenvalue weighted by Gasteiger charge is 2.20. The Morgan fingerprint density at radius 1 is 0.846 bits per heavy atom. The zero-order valence-corrected chi connectivity index (χ0v) is 14.4. The van der Waals surface area contributed by atoms with Crippen molar-refractivity contribution in [3.05, 3.63) is 65.3 Å². The molecule has 1 aliphatic carbocycles. The number of rotatable bonds is 1. The SMILES string of the molecule is Cc1cc(-c2ccc(F)cc2)oc2cc(=[N+](C)C)ccc1-2.F[B-](F)(F)F. The Hall–Kier alpha value is -2.64. The average molecular weight is 369 g/mol. The third kappa shape index (κ3) is 5.44. The molecule has 1 heterocycles. The standard InChI is InChI=1S/C18H17FNO.BF4/c1-12-10-17(13-4-6-14(19)7-5-13)21-18-11-15(20(2)3)8-9-16(12)18;2-1(3,4)5/h4-11H,1-3H3;/q+1;-1. The number of nitrogens with zero attached hydrogens (tertiary/aromatic N) is 1. The maximum atomic E-state index is 13.0. The second-order valence-electron chi connectivity index (χ2n) is 5.87. The number of hydrogen-bond acceptors (Lipinski definition) is 1. The summed E-state index contributed by atoms with van der Waals surface area (Å²) in [6.07, 6.45) is 0. The maximum absolute atomic E-state index is 13.0. The predicted octanol–water partition coefficient (Wildman–Crippen LogP) is 4.83. The summed E-state index contributed by atoms with van der Waals surface area (Å²) >= 11 is 0. The van der Waals surface area contributed by atoms with Gasteiger partial charge in [-0.1, -0.05) is 0 Å². The van der Waals surface area contributed by atoms with E-state index in [1.165, 1.54) is 12.1 Å². The van der Waals surface area contributed by atoms with Crippen molar-refractivity contribution in [3.8, 4) is 22.6 Å². The molecular formula is C18H17BF5NO. The lowest BCUT2D eigenvalue weighted by atomic mass is 10.0. The van der Waals surface area contributed by atoms with Crippen LogP contribution in [-0.2, 0) is 0 Å². The highest BCUT2D eigenvalue weighted by Crippen LogP contribution is 2.31. The summed E-state index contributed by atoms with van der Waals surface area (Å²) in [5.41, 5.74) is 3.10. The van der Waals surface area contributed by atoms with Crippen LogP contribution >= 0.6 is 0 Å². The Kier molecular flexibility index (Phi) is 5.85. The minimum Gasteiger partial charge on any atom is -0.456 e. The molecule has 0 saturated carbocycles. The Balaban J connectivity index is 0.000000431. The van der Waals surface area contributed by atoms with Crippen molar-refractivity contribution < 1.29 is 26.1 Å². The summed E-state index contributed by atoms with van der Waals surface area (Å²) in [6, 6.07) is 14.5. The van der Waals surface area contributed by atoms with Crippen molar-refractivity contribution >= 4 is 7.25 Å². The lowest BCUT2D eigenvalue weighted by Crippen LogP contribution is -2.21. The fourth-order valence-electron chi connectivity index (χ4n) is 2.38. The molecule has 0 atom stereocenters. The molecule has 0 spiro atoms. The first-order valence-electron chi connectivity index (χ1n) is 7.72. The van der Waals surface area contributed by atoms with Gasteiger partial charge in [0.25, 0.3) is 0 Å². The first kappa shape index (κ1) is 19.7. The lowest BCUT2D eigenvalue weighted by Gasteiger charge is -2.11. The van der Waals surface area contributed by atoms with Crippen LogP contribution in [0.3, 0.4) is 0 Å². The fraction of sp³-hybridized carbons (Fsp3) is 0.167. The molecule has 0 radical (unpaired) electrons. The Morgan fingerprint density at radius 3 is 1.96 bits per heavy atom. The minimum absolute atomic E-state index is 0.244. The Bertz CT molecular complexity index is 922. The van der Waals surface area contributed by atoms with Gasteiger partial charge in [0.1, 0.15) is 31.4 Å². The molecule has 2 nitrogen and oxygen atoms in total. The van der Waals surface area contributed by atoms with Crippen LogP contribution < -0.4 is 9.93 Å². The third-order valence-corrected chi connectivity index (χ3v) is 3.60. The van der Waals surface area contributed by atoms with E-state index in [-0.39, 0.29) is 5.82 Å². The first-order chi connectivity index (χ1) is 12.0. The smallest absolute Gasteiger partial charge is 0.456 e. The van der Waals surface area contributed by atoms with E-state index in [9.17, 15) is 21.7 Å². The van der Waals surface area contributed by atoms with Gasteiger partial charge in [0.05, 0.1) is 6.07 Å². The highest BCUT2D eigenvalue weighted by atomic mass is 19.5. The summed E-state index contributed by atoms with van der Waals surface area (Å²) in [6.45, 7) is 2.06. The minimum atomic E-state index is -6.00. The van der Waals surface area contributed by atoms with E-state index in [1.54, 1.807) is 12.1 Å². The van der Waals surface area contributed by atoms with E-state index in [4.69, 9.17) is 4.42 Å². The van der Waals surface area contributed by atoms with Gasteiger partial charge in [0, 0.05) is 17.2 Å². The monoisotopic (exact) mass is 369 g/mol. The molecule has 1 aliphatic heterocycles. The van der Waals surface area contributed by atoms with Crippen LogP contribution in [0.2, 0.25) is 0 Å². The van der Waals surface area contributed by atoms with Crippen LogP contribution in [0.25, 0.3) is 22.6 Å². The largest absolute Gasteiger partial charge is 0.673 e. The third-order valence-electron chi connectivity index (χ3n) is 3.60. The molecule has 0 fully saturated rings. The molecule has 0 saturated heterocycles. The van der Waals surface area contributed by atoms with Crippen molar-refractivity contribution in [1.82, 2.24) is 4.58 Å². The molecule has 0 N–H and O–H groups in total. The van der Waals surface area contributed by atoms with Gasteiger partial charge in [0.2, 0.25) is 5.36 Å². The van der Waals surface area contributed by atoms with Crippen LogP contribution in [0.5, 0.6) is 0 Å². The van der Waals surface area contributed by atoms with Crippen molar-refractivity contribution in [3.63, 3.8) is 0 Å². The number of benzene rings is 2. The van der Waals surface area contributed by atoms with E-state index in [0.29, 0.717) is 0 Å². The van der Waals surface area contributed by atoms with E-state index in [2.05, 4.69) is 19.1 Å². The van der Waals surface area contributed by atoms with E-state index in [0.717, 1.165) is 33.6 Å². The number of hydrogen-bond donors (Lipinski definition) is 0. The van der Waals surface area contributed by atoms with Gasteiger partial charge in [-0.15, -0.1) is 0 Å². The number of fused-ring (bicyclic) bond motifs is 1. The van der Waals surface area contributed by atoms with Gasteiger partial charge in [-0.3, -0.25) is 0 Å². The lowest BCUT2D eigenvalue weighted by molar-refractivity contribution is 0.368. The van der Waals surface area contributed by atoms with Crippen LogP contribution in [0.1, 0.15) is 5.56 Å². The summed E-state index contributed by atoms with van der Waals surface area (Å²) in [5, 5.41) is 1.09. The molecular weight excluding hydrogens is 352 g/mol. The van der Waals surface area contributed by atoms with E-state index >= 15 is 0 Å². The first-order valence-corrected chi connectivity index (χ1v) is 7.72. The molecule has 1 aromatic carbocycles. The average Bonchev–Trinajstić information content (AvgIpc) is 2.53. The van der Waals surface area contributed by atoms with Crippen LogP contribution in [0.4, 0.5) is 21.7 Å². The summed E-state index contributed by atoms with van der Waals surface area (Å²) in [7, 11) is -2.00. The summed E-state index contributed by atoms with van der Waals surface area (Å²) in [4.78, 5) is 0. The van der Waals surface area contributed by atoms with Gasteiger partial charge < -0.3 is 21.7 Å². The Labute approximate surface area is 147 Å². The van der Waals surface area contributed by atoms with Crippen LogP contribution in [0.15, 0.2) is 52.9 Å². The highest BCUT2D eigenvalue weighted by molar-refractivity contribution is 6.50. The van der Waals surface area contributed by atoms with E-state index < -0.39 is 7.25 Å². The molecule has 26 heavy (non-hydrogen) atoms. The molecule has 2 aliphatic rings. The van der Waals surface area contributed by atoms with Gasteiger partial charge in [-0.05, 0) is 48.9 Å². The van der Waals surface area contributed by atoms with Gasteiger partial charge >= 0.3 is 7.25 Å². The van der Waals surface area contributed by atoms with E-state index in [1.807, 2.05) is 30.8 Å². The van der Waals surface area contributed by atoms with Crippen molar-refractivity contribution in [2.45, 2.75) is 6.92 Å². The molecule has 0 bridgehead atoms.